The van der Waals surface area contributed by atoms with Crippen molar-refractivity contribution in [3.63, 3.8) is 0 Å². The molecule has 0 aromatic heterocycles. The van der Waals surface area contributed by atoms with Crippen LogP contribution < -0.4 is 5.32 Å². The number of benzene rings is 1. The highest BCUT2D eigenvalue weighted by Gasteiger charge is 2.36. The van der Waals surface area contributed by atoms with E-state index in [2.05, 4.69) is 5.32 Å². The van der Waals surface area contributed by atoms with Crippen LogP contribution in [0.15, 0.2) is 24.3 Å². The number of rotatable bonds is 2. The molecule has 1 amide bonds. The Hall–Kier alpha value is -2.04. The Labute approximate surface area is 123 Å². The standard InChI is InChI=1S/C16H20N2O3/c1-10-8-12(16(20)21)6-7-18(10)15(19)14-9-11-4-2-3-5-13(11)17-14/h2-5,10,12,14,17H,6-9H2,1H3,(H,20,21)/t10?,12?,14-/m0/s1. The number of aliphatic carboxylic acids is 1. The molecule has 1 saturated heterocycles. The van der Waals surface area contributed by atoms with E-state index >= 15 is 0 Å². The smallest absolute Gasteiger partial charge is 0.306 e. The largest absolute Gasteiger partial charge is 0.481 e. The molecule has 0 spiro atoms. The lowest BCUT2D eigenvalue weighted by molar-refractivity contribution is -0.147. The summed E-state index contributed by atoms with van der Waals surface area (Å²) in [5.74, 6) is -0.985. The van der Waals surface area contributed by atoms with Crippen molar-refractivity contribution in [1.29, 1.82) is 0 Å². The first-order valence-corrected chi connectivity index (χ1v) is 7.44. The molecule has 1 fully saturated rings. The van der Waals surface area contributed by atoms with Crippen molar-refractivity contribution >= 4 is 17.6 Å². The maximum Gasteiger partial charge on any atom is 0.306 e. The monoisotopic (exact) mass is 288 g/mol. The maximum atomic E-state index is 12.7. The Balaban J connectivity index is 1.66. The lowest BCUT2D eigenvalue weighted by Crippen LogP contribution is -2.51. The van der Waals surface area contributed by atoms with E-state index in [9.17, 15) is 9.59 Å². The van der Waals surface area contributed by atoms with Crippen LogP contribution in [0.1, 0.15) is 25.3 Å². The highest BCUT2D eigenvalue weighted by Crippen LogP contribution is 2.29. The topological polar surface area (TPSA) is 69.6 Å². The Kier molecular flexibility index (Phi) is 3.57. The highest BCUT2D eigenvalue weighted by atomic mass is 16.4. The van der Waals surface area contributed by atoms with E-state index in [1.165, 1.54) is 5.56 Å². The van der Waals surface area contributed by atoms with Gasteiger partial charge in [0.05, 0.1) is 5.92 Å². The lowest BCUT2D eigenvalue weighted by Gasteiger charge is -2.37. The summed E-state index contributed by atoms with van der Waals surface area (Å²) >= 11 is 0. The molecule has 2 N–H and O–H groups in total. The molecule has 2 aliphatic rings. The van der Waals surface area contributed by atoms with Gasteiger partial charge in [0.15, 0.2) is 0 Å². The number of fused-ring (bicyclic) bond motifs is 1. The van der Waals surface area contributed by atoms with Gasteiger partial charge in [-0.05, 0) is 31.4 Å². The molecular weight excluding hydrogens is 268 g/mol. The average Bonchev–Trinajstić information content (AvgIpc) is 2.90. The molecule has 0 bridgehead atoms. The van der Waals surface area contributed by atoms with Crippen LogP contribution in [0.5, 0.6) is 0 Å². The van der Waals surface area contributed by atoms with Gasteiger partial charge in [-0.3, -0.25) is 9.59 Å². The summed E-state index contributed by atoms with van der Waals surface area (Å²) in [4.78, 5) is 25.6. The minimum Gasteiger partial charge on any atom is -0.481 e. The fourth-order valence-corrected chi connectivity index (χ4v) is 3.37. The van der Waals surface area contributed by atoms with Gasteiger partial charge in [0.25, 0.3) is 0 Å². The summed E-state index contributed by atoms with van der Waals surface area (Å²) in [6, 6.07) is 7.73. The normalized spacial score (nSPS) is 27.9. The zero-order valence-corrected chi connectivity index (χ0v) is 12.1. The van der Waals surface area contributed by atoms with Crippen molar-refractivity contribution < 1.29 is 14.7 Å². The number of carbonyl (C=O) groups excluding carboxylic acids is 1. The molecule has 5 heteroatoms. The van der Waals surface area contributed by atoms with Crippen molar-refractivity contribution in [1.82, 2.24) is 4.90 Å². The second-order valence-corrected chi connectivity index (χ2v) is 6.00. The molecule has 1 aromatic rings. The van der Waals surface area contributed by atoms with Crippen molar-refractivity contribution in [3.8, 4) is 0 Å². The van der Waals surface area contributed by atoms with Gasteiger partial charge in [-0.2, -0.15) is 0 Å². The molecule has 1 aromatic carbocycles. The van der Waals surface area contributed by atoms with E-state index < -0.39 is 5.97 Å². The second-order valence-electron chi connectivity index (χ2n) is 6.00. The zero-order valence-electron chi connectivity index (χ0n) is 12.1. The van der Waals surface area contributed by atoms with Crippen LogP contribution in [0.4, 0.5) is 5.69 Å². The Morgan fingerprint density at radius 1 is 1.33 bits per heavy atom. The van der Waals surface area contributed by atoms with Crippen LogP contribution in [0, 0.1) is 5.92 Å². The number of carbonyl (C=O) groups is 2. The molecule has 3 rings (SSSR count). The molecule has 2 aliphatic heterocycles. The number of para-hydroxylation sites is 1. The summed E-state index contributed by atoms with van der Waals surface area (Å²) in [5.41, 5.74) is 2.20. The van der Waals surface area contributed by atoms with Crippen LogP contribution in [0.2, 0.25) is 0 Å². The van der Waals surface area contributed by atoms with E-state index in [4.69, 9.17) is 5.11 Å². The number of anilines is 1. The number of amides is 1. The van der Waals surface area contributed by atoms with Crippen molar-refractivity contribution in [2.45, 2.75) is 38.3 Å². The van der Waals surface area contributed by atoms with E-state index in [-0.39, 0.29) is 23.9 Å². The number of carboxylic acid groups (broad SMARTS) is 1. The van der Waals surface area contributed by atoms with Gasteiger partial charge in [0.1, 0.15) is 6.04 Å². The number of carboxylic acids is 1. The van der Waals surface area contributed by atoms with Crippen LogP contribution >= 0.6 is 0 Å². The van der Waals surface area contributed by atoms with Crippen molar-refractivity contribution in [2.24, 2.45) is 5.92 Å². The molecule has 0 radical (unpaired) electrons. The molecular formula is C16H20N2O3. The predicted octanol–water partition coefficient (Wildman–Crippen LogP) is 1.73. The third-order valence-corrected chi connectivity index (χ3v) is 4.58. The van der Waals surface area contributed by atoms with Crippen LogP contribution in [-0.4, -0.2) is 40.5 Å². The van der Waals surface area contributed by atoms with Crippen LogP contribution in [0.3, 0.4) is 0 Å². The van der Waals surface area contributed by atoms with Gasteiger partial charge < -0.3 is 15.3 Å². The SMILES string of the molecule is CC1CC(C(=O)O)CCN1C(=O)[C@@H]1Cc2ccccc2N1. The van der Waals surface area contributed by atoms with E-state index in [1.807, 2.05) is 36.1 Å². The first kappa shape index (κ1) is 13.9. The highest BCUT2D eigenvalue weighted by molar-refractivity contribution is 5.88. The van der Waals surface area contributed by atoms with Gasteiger partial charge >= 0.3 is 5.97 Å². The van der Waals surface area contributed by atoms with Gasteiger partial charge in [0.2, 0.25) is 5.91 Å². The molecule has 112 valence electrons. The molecule has 5 nitrogen and oxygen atoms in total. The zero-order chi connectivity index (χ0) is 15.0. The fraction of sp³-hybridized carbons (Fsp3) is 0.500. The summed E-state index contributed by atoms with van der Waals surface area (Å²) in [6.45, 7) is 2.47. The molecule has 3 atom stereocenters. The fourth-order valence-electron chi connectivity index (χ4n) is 3.37. The maximum absolute atomic E-state index is 12.7. The Morgan fingerprint density at radius 2 is 2.10 bits per heavy atom. The Bertz CT molecular complexity index is 547. The molecule has 2 heterocycles. The lowest BCUT2D eigenvalue weighted by atomic mass is 9.91. The second kappa shape index (κ2) is 5.39. The number of nitrogens with zero attached hydrogens (tertiary/aromatic N) is 1. The first-order valence-electron chi connectivity index (χ1n) is 7.44. The quantitative estimate of drug-likeness (QED) is 0.869. The van der Waals surface area contributed by atoms with Gasteiger partial charge in [-0.15, -0.1) is 0 Å². The average molecular weight is 288 g/mol. The number of likely N-dealkylation sites (tertiary alicyclic amines) is 1. The number of nitrogens with one attached hydrogen (secondary N) is 1. The molecule has 2 unspecified atom stereocenters. The van der Waals surface area contributed by atoms with Crippen LogP contribution in [-0.2, 0) is 16.0 Å². The van der Waals surface area contributed by atoms with E-state index in [0.717, 1.165) is 5.69 Å². The van der Waals surface area contributed by atoms with Crippen LogP contribution in [0.25, 0.3) is 0 Å². The van der Waals surface area contributed by atoms with E-state index in [0.29, 0.717) is 25.8 Å². The number of hydrogen-bond acceptors (Lipinski definition) is 3. The van der Waals surface area contributed by atoms with Gasteiger partial charge in [-0.25, -0.2) is 0 Å². The number of hydrogen-bond donors (Lipinski definition) is 2. The van der Waals surface area contributed by atoms with Crippen molar-refractivity contribution in [2.75, 3.05) is 11.9 Å². The predicted molar refractivity (Wildman–Crippen MR) is 79.1 cm³/mol. The van der Waals surface area contributed by atoms with E-state index in [1.54, 1.807) is 0 Å². The summed E-state index contributed by atoms with van der Waals surface area (Å²) in [6.07, 6.45) is 1.80. The summed E-state index contributed by atoms with van der Waals surface area (Å²) < 4.78 is 0. The third-order valence-electron chi connectivity index (χ3n) is 4.58. The summed E-state index contributed by atoms with van der Waals surface area (Å²) in [7, 11) is 0. The minimum absolute atomic E-state index is 0.0159. The van der Waals surface area contributed by atoms with Gasteiger partial charge in [0, 0.05) is 24.7 Å². The first-order chi connectivity index (χ1) is 10.1. The Morgan fingerprint density at radius 3 is 2.76 bits per heavy atom. The molecule has 0 saturated carbocycles. The minimum atomic E-state index is -0.750. The molecule has 21 heavy (non-hydrogen) atoms. The molecule has 0 aliphatic carbocycles. The van der Waals surface area contributed by atoms with Crippen molar-refractivity contribution in [3.05, 3.63) is 29.8 Å². The number of piperidine rings is 1. The third kappa shape index (κ3) is 2.60. The summed E-state index contributed by atoms with van der Waals surface area (Å²) in [5, 5.41) is 12.4. The van der Waals surface area contributed by atoms with Gasteiger partial charge in [-0.1, -0.05) is 18.2 Å².